The van der Waals surface area contributed by atoms with E-state index in [2.05, 4.69) is 10.6 Å². The zero-order valence-electron chi connectivity index (χ0n) is 13.6. The fourth-order valence-electron chi connectivity index (χ4n) is 1.86. The van der Waals surface area contributed by atoms with Crippen molar-refractivity contribution in [3.8, 4) is 5.75 Å². The van der Waals surface area contributed by atoms with E-state index >= 15 is 0 Å². The number of phenolic OH excluding ortho intramolecular Hbond substituents is 1. The maximum atomic E-state index is 10.8. The number of phenols is 1. The summed E-state index contributed by atoms with van der Waals surface area (Å²) in [4.78, 5) is 20.9. The van der Waals surface area contributed by atoms with Crippen molar-refractivity contribution in [2.45, 2.75) is 24.7 Å². The van der Waals surface area contributed by atoms with Gasteiger partial charge in [0.2, 0.25) is 0 Å². The molecule has 0 aliphatic carbocycles. The summed E-state index contributed by atoms with van der Waals surface area (Å²) in [6.07, 6.45) is 0.429. The molecule has 9 heteroatoms. The van der Waals surface area contributed by atoms with Crippen molar-refractivity contribution >= 4 is 17.7 Å². The number of nitrogens with one attached hydrogen (secondary N) is 2. The van der Waals surface area contributed by atoms with Crippen LogP contribution in [0.1, 0.15) is 6.42 Å². The lowest BCUT2D eigenvalue weighted by Crippen LogP contribution is -2.40. The minimum atomic E-state index is -1.05. The Morgan fingerprint density at radius 1 is 1.20 bits per heavy atom. The first-order chi connectivity index (χ1) is 11.8. The van der Waals surface area contributed by atoms with E-state index in [9.17, 15) is 14.7 Å². The average molecular weight is 354 g/mol. The van der Waals surface area contributed by atoms with Crippen LogP contribution < -0.4 is 10.6 Å². The lowest BCUT2D eigenvalue weighted by molar-refractivity contribution is -0.131. The van der Waals surface area contributed by atoms with Gasteiger partial charge in [0.15, 0.2) is 0 Å². The van der Waals surface area contributed by atoms with Crippen LogP contribution in [0.15, 0.2) is 36.4 Å². The summed E-state index contributed by atoms with van der Waals surface area (Å²) in [5.74, 6) is -0.873. The van der Waals surface area contributed by atoms with Gasteiger partial charge in [0.05, 0.1) is 18.8 Å². The molecule has 9 nitrogen and oxygen atoms in total. The Bertz CT molecular complexity index is 589. The Hall–Kier alpha value is -2.62. The number of carboxylic acid groups (broad SMARTS) is 1. The molecule has 0 saturated carbocycles. The number of urea groups is 1. The average Bonchev–Trinajstić information content (AvgIpc) is 2.58. The van der Waals surface area contributed by atoms with Gasteiger partial charge in [-0.05, 0) is 30.3 Å². The van der Waals surface area contributed by atoms with Crippen molar-refractivity contribution in [2.24, 2.45) is 0 Å². The first-order valence-corrected chi connectivity index (χ1v) is 7.48. The van der Waals surface area contributed by atoms with Crippen LogP contribution in [-0.2, 0) is 9.53 Å². The second kappa shape index (κ2) is 10.3. The van der Waals surface area contributed by atoms with Crippen molar-refractivity contribution in [3.63, 3.8) is 0 Å². The van der Waals surface area contributed by atoms with E-state index < -0.39 is 24.3 Å². The molecule has 3 atom stereocenters. The van der Waals surface area contributed by atoms with E-state index in [0.717, 1.165) is 6.08 Å². The van der Waals surface area contributed by atoms with Gasteiger partial charge in [-0.25, -0.2) is 9.59 Å². The smallest absolute Gasteiger partial charge is 0.328 e. The number of carbonyl (C=O) groups excluding carboxylic acids is 1. The molecule has 0 spiro atoms. The predicted molar refractivity (Wildman–Crippen MR) is 89.3 cm³/mol. The zero-order chi connectivity index (χ0) is 18.8. The molecule has 3 unspecified atom stereocenters. The molecule has 1 saturated heterocycles. The zero-order valence-corrected chi connectivity index (χ0v) is 13.6. The van der Waals surface area contributed by atoms with Crippen LogP contribution in [0.5, 0.6) is 5.75 Å². The lowest BCUT2D eigenvalue weighted by atomic mass is 10.0. The maximum absolute atomic E-state index is 10.8. The van der Waals surface area contributed by atoms with Crippen LogP contribution in [-0.4, -0.2) is 64.4 Å². The molecule has 1 fully saturated rings. The summed E-state index contributed by atoms with van der Waals surface area (Å²) in [6.45, 7) is 0.0375. The van der Waals surface area contributed by atoms with Crippen molar-refractivity contribution in [1.82, 2.24) is 5.32 Å². The predicted octanol–water partition coefficient (Wildman–Crippen LogP) is 0.281. The third-order valence-corrected chi connectivity index (χ3v) is 3.20. The highest BCUT2D eigenvalue weighted by molar-refractivity contribution is 5.88. The molecule has 1 heterocycles. The highest BCUT2D eigenvalue weighted by Gasteiger charge is 2.26. The van der Waals surface area contributed by atoms with Gasteiger partial charge < -0.3 is 35.8 Å². The summed E-state index contributed by atoms with van der Waals surface area (Å²) < 4.78 is 5.05. The number of carboxylic acids is 1. The molecule has 1 aliphatic heterocycles. The van der Waals surface area contributed by atoms with Gasteiger partial charge in [-0.1, -0.05) is 0 Å². The van der Waals surface area contributed by atoms with Crippen LogP contribution >= 0.6 is 0 Å². The molecule has 138 valence electrons. The molecule has 1 aromatic rings. The summed E-state index contributed by atoms with van der Waals surface area (Å²) in [7, 11) is 1.54. The summed E-state index contributed by atoms with van der Waals surface area (Å²) in [6, 6.07) is 5.96. The second-order valence-electron chi connectivity index (χ2n) is 5.19. The van der Waals surface area contributed by atoms with E-state index in [4.69, 9.17) is 20.1 Å². The molecular formula is C16H22N2O7. The molecule has 25 heavy (non-hydrogen) atoms. The number of ether oxygens (including phenoxy) is 1. The Balaban J connectivity index is 0.000000251. The number of aliphatic carboxylic acids is 1. The first kappa shape index (κ1) is 20.4. The molecule has 6 N–H and O–H groups in total. The van der Waals surface area contributed by atoms with Gasteiger partial charge in [-0.2, -0.15) is 0 Å². The minimum absolute atomic E-state index is 0.0375. The van der Waals surface area contributed by atoms with E-state index in [-0.39, 0.29) is 24.8 Å². The number of hydrogen-bond donors (Lipinski definition) is 6. The minimum Gasteiger partial charge on any atom is -0.508 e. The standard InChI is InChI=1S/C8H10N2O2.C8H12O5/c1-9-8(12)10-6-2-4-7(11)5-3-6;9-6-3-5(1-2-8(11)12)13-4-7(6)10/h2-5,11H,1H3,(H2,9,10,12);1-2,5-7,9-10H,3-4H2,(H,11,12)/b;2-1+. The highest BCUT2D eigenvalue weighted by atomic mass is 16.5. The van der Waals surface area contributed by atoms with Gasteiger partial charge in [-0.3, -0.25) is 0 Å². The third-order valence-electron chi connectivity index (χ3n) is 3.20. The van der Waals surface area contributed by atoms with E-state index in [0.29, 0.717) is 5.69 Å². The van der Waals surface area contributed by atoms with Gasteiger partial charge in [0.1, 0.15) is 11.9 Å². The Labute approximate surface area is 144 Å². The fraction of sp³-hybridized carbons (Fsp3) is 0.375. The normalized spacial score (nSPS) is 22.6. The lowest BCUT2D eigenvalue weighted by Gasteiger charge is -2.28. The van der Waals surface area contributed by atoms with Crippen LogP contribution in [0.2, 0.25) is 0 Å². The molecule has 2 rings (SSSR count). The van der Waals surface area contributed by atoms with E-state index in [1.807, 2.05) is 0 Å². The van der Waals surface area contributed by atoms with Crippen LogP contribution in [0.4, 0.5) is 10.5 Å². The summed E-state index contributed by atoms with van der Waals surface area (Å²) in [5.41, 5.74) is 0.646. The van der Waals surface area contributed by atoms with Crippen LogP contribution in [0.25, 0.3) is 0 Å². The van der Waals surface area contributed by atoms with Crippen LogP contribution in [0.3, 0.4) is 0 Å². The van der Waals surface area contributed by atoms with E-state index in [1.165, 1.54) is 25.3 Å². The van der Waals surface area contributed by atoms with Crippen molar-refractivity contribution in [2.75, 3.05) is 19.0 Å². The van der Waals surface area contributed by atoms with Crippen molar-refractivity contribution in [1.29, 1.82) is 0 Å². The Morgan fingerprint density at radius 2 is 1.84 bits per heavy atom. The fourth-order valence-corrected chi connectivity index (χ4v) is 1.86. The van der Waals surface area contributed by atoms with Gasteiger partial charge in [-0.15, -0.1) is 0 Å². The Morgan fingerprint density at radius 3 is 2.36 bits per heavy atom. The SMILES string of the molecule is CNC(=O)Nc1ccc(O)cc1.O=C(O)/C=C/C1CC(O)C(O)CO1. The number of anilines is 1. The molecule has 1 aliphatic rings. The quantitative estimate of drug-likeness (QED) is 0.337. The van der Waals surface area contributed by atoms with Gasteiger partial charge in [0, 0.05) is 25.2 Å². The number of aromatic hydroxyl groups is 1. The Kier molecular flexibility index (Phi) is 8.40. The molecular weight excluding hydrogens is 332 g/mol. The number of amides is 2. The van der Waals surface area contributed by atoms with Crippen molar-refractivity contribution in [3.05, 3.63) is 36.4 Å². The number of carbonyl (C=O) groups is 2. The molecule has 1 aromatic carbocycles. The third kappa shape index (κ3) is 8.15. The van der Waals surface area contributed by atoms with Gasteiger partial charge >= 0.3 is 12.0 Å². The van der Waals surface area contributed by atoms with Crippen molar-refractivity contribution < 1.29 is 34.8 Å². The molecule has 0 aromatic heterocycles. The van der Waals surface area contributed by atoms with Crippen LogP contribution in [0, 0.1) is 0 Å². The summed E-state index contributed by atoms with van der Waals surface area (Å²) in [5, 5.41) is 40.5. The van der Waals surface area contributed by atoms with Gasteiger partial charge in [0.25, 0.3) is 0 Å². The molecule has 2 amide bonds. The summed E-state index contributed by atoms with van der Waals surface area (Å²) >= 11 is 0. The first-order valence-electron chi connectivity index (χ1n) is 7.48. The number of benzene rings is 1. The highest BCUT2D eigenvalue weighted by Crippen LogP contribution is 2.15. The molecule has 0 radical (unpaired) electrons. The molecule has 0 bridgehead atoms. The number of hydrogen-bond acceptors (Lipinski definition) is 6. The maximum Gasteiger partial charge on any atom is 0.328 e. The van der Waals surface area contributed by atoms with E-state index in [1.54, 1.807) is 12.1 Å². The second-order valence-corrected chi connectivity index (χ2v) is 5.19. The number of aliphatic hydroxyl groups excluding tert-OH is 2. The topological polar surface area (TPSA) is 148 Å². The monoisotopic (exact) mass is 354 g/mol. The number of aliphatic hydroxyl groups is 2. The largest absolute Gasteiger partial charge is 0.508 e. The number of rotatable bonds is 3.